The summed E-state index contributed by atoms with van der Waals surface area (Å²) in [6, 6.07) is 41.7. The van der Waals surface area contributed by atoms with Crippen LogP contribution in [-0.2, 0) is 0 Å². The van der Waals surface area contributed by atoms with Gasteiger partial charge in [-0.25, -0.2) is 9.97 Å². The summed E-state index contributed by atoms with van der Waals surface area (Å²) in [7, 11) is 0. The summed E-state index contributed by atoms with van der Waals surface area (Å²) in [5, 5.41) is 1.91. The second-order valence-corrected chi connectivity index (χ2v) is 11.9. The van der Waals surface area contributed by atoms with Gasteiger partial charge in [-0.15, -0.1) is 0 Å². The molecule has 0 atom stereocenters. The van der Waals surface area contributed by atoms with Gasteiger partial charge >= 0.3 is 0 Å². The van der Waals surface area contributed by atoms with Gasteiger partial charge in [-0.05, 0) is 89.5 Å². The second-order valence-electron chi connectivity index (χ2n) is 11.9. The standard InChI is InChI=1S/C44H27N3O2/c1-3-11-28(12-4-1)30-19-22-38(33(25-30)29-13-5-2-6-14-29)47-39-23-20-31(43-45-36-15-7-9-17-41(36)48-43)26-34(39)35-27-32(21-24-40(35)47)44-46-37-16-8-10-18-42(37)49-44/h1-27H/i1D,3D,4D,11D,12D. The third kappa shape index (κ3) is 4.55. The number of nitrogens with zero attached hydrogens (tertiary/aromatic N) is 3. The summed E-state index contributed by atoms with van der Waals surface area (Å²) < 4.78 is 56.8. The van der Waals surface area contributed by atoms with Crippen LogP contribution in [0.4, 0.5) is 0 Å². The lowest BCUT2D eigenvalue weighted by Gasteiger charge is -2.16. The minimum atomic E-state index is -0.423. The third-order valence-corrected chi connectivity index (χ3v) is 8.96. The number of fused-ring (bicyclic) bond motifs is 5. The minimum Gasteiger partial charge on any atom is -0.436 e. The molecule has 0 unspecified atom stereocenters. The Balaban J connectivity index is 1.25. The fraction of sp³-hybridized carbons (Fsp3) is 0. The van der Waals surface area contributed by atoms with E-state index >= 15 is 0 Å². The van der Waals surface area contributed by atoms with E-state index in [4.69, 9.17) is 25.7 Å². The van der Waals surface area contributed by atoms with Crippen molar-refractivity contribution in [3.63, 3.8) is 0 Å². The summed E-state index contributed by atoms with van der Waals surface area (Å²) in [6.45, 7) is 0. The Morgan fingerprint density at radius 2 is 1.02 bits per heavy atom. The maximum Gasteiger partial charge on any atom is 0.227 e. The molecule has 0 spiro atoms. The lowest BCUT2D eigenvalue weighted by molar-refractivity contribution is 0.619. The molecule has 0 saturated heterocycles. The highest BCUT2D eigenvalue weighted by molar-refractivity contribution is 6.12. The third-order valence-electron chi connectivity index (χ3n) is 8.96. The van der Waals surface area contributed by atoms with Gasteiger partial charge in [0.2, 0.25) is 11.8 Å². The van der Waals surface area contributed by atoms with E-state index < -0.39 is 6.04 Å². The largest absolute Gasteiger partial charge is 0.436 e. The van der Waals surface area contributed by atoms with Crippen molar-refractivity contribution in [1.29, 1.82) is 0 Å². The highest BCUT2D eigenvalue weighted by atomic mass is 16.4. The molecular formula is C44H27N3O2. The Bertz CT molecular complexity index is 2900. The van der Waals surface area contributed by atoms with Crippen molar-refractivity contribution in [2.75, 3.05) is 0 Å². The summed E-state index contributed by atoms with van der Waals surface area (Å²) in [6.07, 6.45) is 0. The van der Waals surface area contributed by atoms with E-state index in [1.807, 2.05) is 109 Å². The van der Waals surface area contributed by atoms with Crippen LogP contribution in [0.1, 0.15) is 6.85 Å². The Morgan fingerprint density at radius 3 is 1.61 bits per heavy atom. The zero-order valence-electron chi connectivity index (χ0n) is 30.9. The molecule has 0 radical (unpaired) electrons. The zero-order chi connectivity index (χ0) is 36.7. The van der Waals surface area contributed by atoms with Gasteiger partial charge in [-0.1, -0.05) is 90.9 Å². The Hall–Kier alpha value is -6.72. The molecule has 10 aromatic rings. The van der Waals surface area contributed by atoms with Crippen molar-refractivity contribution >= 4 is 44.0 Å². The smallest absolute Gasteiger partial charge is 0.227 e. The minimum absolute atomic E-state index is 0.151. The number of aromatic nitrogens is 3. The molecule has 0 saturated carbocycles. The van der Waals surface area contributed by atoms with Crippen molar-refractivity contribution in [2.45, 2.75) is 0 Å². The van der Waals surface area contributed by atoms with E-state index in [9.17, 15) is 0 Å². The molecule has 0 aliphatic rings. The van der Waals surface area contributed by atoms with E-state index in [0.717, 1.165) is 60.8 Å². The number of hydrogen-bond acceptors (Lipinski definition) is 4. The number of para-hydroxylation sites is 4. The van der Waals surface area contributed by atoms with E-state index in [1.54, 1.807) is 0 Å². The normalized spacial score (nSPS) is 13.1. The van der Waals surface area contributed by atoms with Gasteiger partial charge < -0.3 is 13.4 Å². The molecule has 3 aromatic heterocycles. The number of hydrogen-bond donors (Lipinski definition) is 0. The average Bonchev–Trinajstić information content (AvgIpc) is 3.93. The zero-order valence-corrected chi connectivity index (χ0v) is 25.9. The van der Waals surface area contributed by atoms with E-state index in [2.05, 4.69) is 28.8 Å². The fourth-order valence-electron chi connectivity index (χ4n) is 6.67. The molecule has 230 valence electrons. The molecule has 7 aromatic carbocycles. The van der Waals surface area contributed by atoms with Crippen LogP contribution >= 0.6 is 0 Å². The summed E-state index contributed by atoms with van der Waals surface area (Å²) in [5.74, 6) is 1.03. The SMILES string of the molecule is [2H]c1c([2H])c([2H])c(-c2ccc(-n3c4ccc(-c5nc6ccccc6o5)cc4c4cc(-c5nc6ccccc6o5)ccc43)c(-c3ccccc3)c2)c([2H])c1[2H]. The van der Waals surface area contributed by atoms with Gasteiger partial charge in [0, 0.05) is 27.5 Å². The van der Waals surface area contributed by atoms with Crippen LogP contribution in [0.5, 0.6) is 0 Å². The molecular weight excluding hydrogens is 603 g/mol. The van der Waals surface area contributed by atoms with E-state index in [-0.39, 0.29) is 29.7 Å². The molecule has 0 aliphatic heterocycles. The molecule has 0 aliphatic carbocycles. The van der Waals surface area contributed by atoms with Crippen LogP contribution in [0, 0.1) is 0 Å². The highest BCUT2D eigenvalue weighted by Crippen LogP contribution is 2.41. The van der Waals surface area contributed by atoms with Crippen LogP contribution in [0.25, 0.3) is 94.9 Å². The Kier molecular flexibility index (Phi) is 5.07. The molecule has 5 heteroatoms. The van der Waals surface area contributed by atoms with Gasteiger partial charge in [0.25, 0.3) is 0 Å². The predicted octanol–water partition coefficient (Wildman–Crippen LogP) is 11.7. The summed E-state index contributed by atoms with van der Waals surface area (Å²) in [4.78, 5) is 9.56. The number of oxazole rings is 2. The first-order chi connectivity index (χ1) is 26.3. The van der Waals surface area contributed by atoms with Crippen LogP contribution in [0.15, 0.2) is 173 Å². The van der Waals surface area contributed by atoms with Crippen molar-refractivity contribution in [2.24, 2.45) is 0 Å². The van der Waals surface area contributed by atoms with Crippen LogP contribution < -0.4 is 0 Å². The van der Waals surface area contributed by atoms with Gasteiger partial charge in [0.05, 0.1) is 23.6 Å². The summed E-state index contributed by atoms with van der Waals surface area (Å²) >= 11 is 0. The second kappa shape index (κ2) is 10.9. The van der Waals surface area contributed by atoms with Gasteiger partial charge in [0.1, 0.15) is 11.0 Å². The topological polar surface area (TPSA) is 57.0 Å². The molecule has 0 bridgehead atoms. The van der Waals surface area contributed by atoms with Crippen molar-refractivity contribution in [3.8, 4) is 50.8 Å². The van der Waals surface area contributed by atoms with Crippen molar-refractivity contribution < 1.29 is 15.7 Å². The van der Waals surface area contributed by atoms with Gasteiger partial charge in [-0.3, -0.25) is 0 Å². The maximum absolute atomic E-state index is 8.71. The monoisotopic (exact) mass is 634 g/mol. The number of benzene rings is 7. The van der Waals surface area contributed by atoms with Crippen molar-refractivity contribution in [1.82, 2.24) is 14.5 Å². The molecule has 10 rings (SSSR count). The molecule has 5 nitrogen and oxygen atoms in total. The first kappa shape index (κ1) is 22.7. The van der Waals surface area contributed by atoms with Crippen LogP contribution in [0.3, 0.4) is 0 Å². The number of rotatable bonds is 5. The molecule has 3 heterocycles. The predicted molar refractivity (Wildman–Crippen MR) is 198 cm³/mol. The lowest BCUT2D eigenvalue weighted by Crippen LogP contribution is -1.98. The fourth-order valence-corrected chi connectivity index (χ4v) is 6.67. The van der Waals surface area contributed by atoms with Gasteiger partial charge in [-0.2, -0.15) is 0 Å². The Labute approximate surface area is 288 Å². The van der Waals surface area contributed by atoms with Crippen LogP contribution in [-0.4, -0.2) is 14.5 Å². The highest BCUT2D eigenvalue weighted by Gasteiger charge is 2.20. The van der Waals surface area contributed by atoms with Crippen LogP contribution in [0.2, 0.25) is 0 Å². The first-order valence-electron chi connectivity index (χ1n) is 18.4. The van der Waals surface area contributed by atoms with E-state index in [1.165, 1.54) is 0 Å². The maximum atomic E-state index is 8.71. The molecule has 0 amide bonds. The average molecular weight is 635 g/mol. The van der Waals surface area contributed by atoms with E-state index in [0.29, 0.717) is 28.5 Å². The molecule has 0 N–H and O–H groups in total. The quantitative estimate of drug-likeness (QED) is 0.189. The lowest BCUT2D eigenvalue weighted by atomic mass is 9.97. The Morgan fingerprint density at radius 1 is 0.469 bits per heavy atom. The van der Waals surface area contributed by atoms with Gasteiger partial charge in [0.15, 0.2) is 11.2 Å². The molecule has 0 fully saturated rings. The first-order valence-corrected chi connectivity index (χ1v) is 15.9. The van der Waals surface area contributed by atoms with Crippen molar-refractivity contribution in [3.05, 3.63) is 164 Å². The molecule has 49 heavy (non-hydrogen) atoms. The summed E-state index contributed by atoms with van der Waals surface area (Å²) in [5.41, 5.74) is 9.72.